The van der Waals surface area contributed by atoms with Crippen molar-refractivity contribution in [1.29, 1.82) is 0 Å². The number of carbonyl (C=O) groups is 1. The van der Waals surface area contributed by atoms with Crippen molar-refractivity contribution in [3.05, 3.63) is 84.3 Å². The summed E-state index contributed by atoms with van der Waals surface area (Å²) in [5, 5.41) is 0. The van der Waals surface area contributed by atoms with Crippen LogP contribution >= 0.6 is 0 Å². The van der Waals surface area contributed by atoms with Crippen LogP contribution < -0.4 is 14.4 Å². The third-order valence-electron chi connectivity index (χ3n) is 4.70. The summed E-state index contributed by atoms with van der Waals surface area (Å²) in [6.07, 6.45) is 6.57. The lowest BCUT2D eigenvalue weighted by Crippen LogP contribution is -2.31. The number of hydrogen-bond donors (Lipinski definition) is 0. The highest BCUT2D eigenvalue weighted by Gasteiger charge is 2.19. The molecule has 148 valence electrons. The molecule has 1 aliphatic heterocycles. The first-order valence-electron chi connectivity index (χ1n) is 9.73. The highest BCUT2D eigenvalue weighted by molar-refractivity contribution is 5.94. The molecule has 0 fully saturated rings. The molecule has 1 aliphatic rings. The normalized spacial score (nSPS) is 12.8. The van der Waals surface area contributed by atoms with Gasteiger partial charge in [0.2, 0.25) is 5.91 Å². The minimum absolute atomic E-state index is 0.0239. The van der Waals surface area contributed by atoms with Crippen molar-refractivity contribution in [2.24, 2.45) is 0 Å². The topological polar surface area (TPSA) is 51.9 Å². The second kappa shape index (κ2) is 9.15. The van der Waals surface area contributed by atoms with Gasteiger partial charge in [-0.25, -0.2) is 0 Å². The summed E-state index contributed by atoms with van der Waals surface area (Å²) in [5.74, 6) is 2.21. The van der Waals surface area contributed by atoms with E-state index in [1.54, 1.807) is 11.2 Å². The molecule has 0 bridgehead atoms. The number of rotatable bonds is 7. The Bertz CT molecular complexity index is 964. The first-order chi connectivity index (χ1) is 14.3. The number of ether oxygens (including phenoxy) is 2. The molecule has 0 radical (unpaired) electrons. The van der Waals surface area contributed by atoms with Crippen molar-refractivity contribution in [2.75, 3.05) is 24.7 Å². The Hall–Kier alpha value is -3.47. The molecular formula is C24H23NO4. The molecule has 0 saturated heterocycles. The van der Waals surface area contributed by atoms with Crippen molar-refractivity contribution in [2.45, 2.75) is 12.8 Å². The smallest absolute Gasteiger partial charge is 0.227 e. The molecule has 0 aliphatic carbocycles. The van der Waals surface area contributed by atoms with Gasteiger partial charge in [-0.15, -0.1) is 0 Å². The molecule has 0 saturated carbocycles. The quantitative estimate of drug-likeness (QED) is 0.586. The van der Waals surface area contributed by atoms with Crippen LogP contribution in [0.15, 0.2) is 77.4 Å². The first kappa shape index (κ1) is 18.9. The zero-order valence-electron chi connectivity index (χ0n) is 16.1. The highest BCUT2D eigenvalue weighted by atomic mass is 16.6. The predicted molar refractivity (Wildman–Crippen MR) is 112 cm³/mol. The molecule has 2 heterocycles. The minimum atomic E-state index is 0.0239. The average molecular weight is 389 g/mol. The van der Waals surface area contributed by atoms with Gasteiger partial charge in [0.05, 0.1) is 6.26 Å². The monoisotopic (exact) mass is 389 g/mol. The zero-order valence-corrected chi connectivity index (χ0v) is 16.1. The van der Waals surface area contributed by atoms with Crippen LogP contribution in [0.1, 0.15) is 17.7 Å². The number of hydrogen-bond acceptors (Lipinski definition) is 4. The average Bonchev–Trinajstić information content (AvgIpc) is 3.29. The lowest BCUT2D eigenvalue weighted by atomic mass is 10.1. The summed E-state index contributed by atoms with van der Waals surface area (Å²) in [6, 6.07) is 19.4. The van der Waals surface area contributed by atoms with Crippen LogP contribution in [0.5, 0.6) is 11.5 Å². The summed E-state index contributed by atoms with van der Waals surface area (Å²) in [7, 11) is 0. The first-order valence-corrected chi connectivity index (χ1v) is 9.73. The van der Waals surface area contributed by atoms with E-state index < -0.39 is 0 Å². The maximum absolute atomic E-state index is 13.0. The van der Waals surface area contributed by atoms with E-state index in [2.05, 4.69) is 0 Å². The van der Waals surface area contributed by atoms with Gasteiger partial charge in [-0.3, -0.25) is 4.79 Å². The molecule has 4 rings (SSSR count). The maximum atomic E-state index is 13.0. The number of aryl methyl sites for hydroxylation is 1. The number of fused-ring (bicyclic) bond motifs is 1. The number of nitrogens with zero attached hydrogens (tertiary/aromatic N) is 1. The van der Waals surface area contributed by atoms with Gasteiger partial charge < -0.3 is 18.8 Å². The Morgan fingerprint density at radius 2 is 1.79 bits per heavy atom. The largest absolute Gasteiger partial charge is 0.486 e. The van der Waals surface area contributed by atoms with Gasteiger partial charge in [-0.2, -0.15) is 0 Å². The standard InChI is InChI=1S/C24H23NO4/c26-24(13-11-21-9-5-15-27-21)25(14-4-8-19-6-2-1-3-7-19)20-10-12-22-23(18-20)29-17-16-28-22/h1-10,12,15,18H,11,13-14,16-17H2/b8-4+. The fourth-order valence-corrected chi connectivity index (χ4v) is 3.23. The Kier molecular flexibility index (Phi) is 5.95. The number of furan rings is 1. The van der Waals surface area contributed by atoms with Gasteiger partial charge in [0, 0.05) is 31.1 Å². The number of amides is 1. The van der Waals surface area contributed by atoms with E-state index in [1.807, 2.05) is 72.8 Å². The van der Waals surface area contributed by atoms with Crippen molar-refractivity contribution in [1.82, 2.24) is 0 Å². The van der Waals surface area contributed by atoms with Gasteiger partial charge >= 0.3 is 0 Å². The van der Waals surface area contributed by atoms with Crippen molar-refractivity contribution in [3.8, 4) is 11.5 Å². The minimum Gasteiger partial charge on any atom is -0.486 e. The Balaban J connectivity index is 1.52. The van der Waals surface area contributed by atoms with Gasteiger partial charge in [0.1, 0.15) is 19.0 Å². The second-order valence-corrected chi connectivity index (χ2v) is 6.72. The molecule has 3 aromatic rings. The molecule has 5 nitrogen and oxygen atoms in total. The molecule has 0 N–H and O–H groups in total. The van der Waals surface area contributed by atoms with Crippen LogP contribution in [0.4, 0.5) is 5.69 Å². The van der Waals surface area contributed by atoms with E-state index in [9.17, 15) is 4.79 Å². The third kappa shape index (κ3) is 4.88. The molecule has 1 aromatic heterocycles. The van der Waals surface area contributed by atoms with E-state index in [0.29, 0.717) is 44.1 Å². The van der Waals surface area contributed by atoms with Crippen molar-refractivity contribution >= 4 is 17.7 Å². The van der Waals surface area contributed by atoms with E-state index >= 15 is 0 Å². The maximum Gasteiger partial charge on any atom is 0.227 e. The van der Waals surface area contributed by atoms with Crippen molar-refractivity contribution < 1.29 is 18.7 Å². The SMILES string of the molecule is O=C(CCc1ccco1)N(C/C=C/c1ccccc1)c1ccc2c(c1)OCCO2. The Morgan fingerprint density at radius 3 is 2.59 bits per heavy atom. The molecule has 29 heavy (non-hydrogen) atoms. The fraction of sp³-hybridized carbons (Fsp3) is 0.208. The van der Waals surface area contributed by atoms with Gasteiger partial charge in [0.15, 0.2) is 11.5 Å². The van der Waals surface area contributed by atoms with E-state index in [1.165, 1.54) is 0 Å². The van der Waals surface area contributed by atoms with Crippen LogP contribution in [-0.2, 0) is 11.2 Å². The summed E-state index contributed by atoms with van der Waals surface area (Å²) < 4.78 is 16.7. The summed E-state index contributed by atoms with van der Waals surface area (Å²) in [5.41, 5.74) is 1.88. The lowest BCUT2D eigenvalue weighted by Gasteiger charge is -2.24. The van der Waals surface area contributed by atoms with E-state index in [4.69, 9.17) is 13.9 Å². The summed E-state index contributed by atoms with van der Waals surface area (Å²) in [6.45, 7) is 1.51. The molecule has 0 spiro atoms. The lowest BCUT2D eigenvalue weighted by molar-refractivity contribution is -0.118. The fourth-order valence-electron chi connectivity index (χ4n) is 3.23. The van der Waals surface area contributed by atoms with Crippen LogP contribution in [0.25, 0.3) is 6.08 Å². The number of anilines is 1. The molecule has 0 unspecified atom stereocenters. The zero-order chi connectivity index (χ0) is 19.9. The van der Waals surface area contributed by atoms with E-state index in [-0.39, 0.29) is 5.91 Å². The molecular weight excluding hydrogens is 366 g/mol. The molecule has 5 heteroatoms. The van der Waals surface area contributed by atoms with Gasteiger partial charge in [0.25, 0.3) is 0 Å². The number of carbonyl (C=O) groups excluding carboxylic acids is 1. The number of benzene rings is 2. The highest BCUT2D eigenvalue weighted by Crippen LogP contribution is 2.34. The predicted octanol–water partition coefficient (Wildman–Crippen LogP) is 4.73. The summed E-state index contributed by atoms with van der Waals surface area (Å²) >= 11 is 0. The van der Waals surface area contributed by atoms with Crippen LogP contribution in [0, 0.1) is 0 Å². The van der Waals surface area contributed by atoms with Crippen LogP contribution in [0.3, 0.4) is 0 Å². The van der Waals surface area contributed by atoms with Crippen molar-refractivity contribution in [3.63, 3.8) is 0 Å². The molecule has 2 aromatic carbocycles. The van der Waals surface area contributed by atoms with Gasteiger partial charge in [-0.1, -0.05) is 42.5 Å². The molecule has 1 amide bonds. The molecule has 0 atom stereocenters. The van der Waals surface area contributed by atoms with Crippen LogP contribution in [0.2, 0.25) is 0 Å². The van der Waals surface area contributed by atoms with Crippen LogP contribution in [-0.4, -0.2) is 25.7 Å². The third-order valence-corrected chi connectivity index (χ3v) is 4.70. The van der Waals surface area contributed by atoms with Gasteiger partial charge in [-0.05, 0) is 29.8 Å². The summed E-state index contributed by atoms with van der Waals surface area (Å²) in [4.78, 5) is 14.8. The Labute approximate surface area is 170 Å². The van der Waals surface area contributed by atoms with E-state index in [0.717, 1.165) is 17.0 Å². The second-order valence-electron chi connectivity index (χ2n) is 6.72. The Morgan fingerprint density at radius 1 is 0.966 bits per heavy atom.